The van der Waals surface area contributed by atoms with Gasteiger partial charge in [-0.3, -0.25) is 0 Å². The van der Waals surface area contributed by atoms with Crippen molar-refractivity contribution in [2.24, 2.45) is 0 Å². The van der Waals surface area contributed by atoms with Crippen LogP contribution in [0.25, 0.3) is 0 Å². The summed E-state index contributed by atoms with van der Waals surface area (Å²) in [7, 11) is 0. The first-order valence-electron chi connectivity index (χ1n) is 4.05. The minimum Gasteiger partial charge on any atom is -0.392 e. The molecule has 1 aromatic rings. The lowest BCUT2D eigenvalue weighted by molar-refractivity contribution is 0.163. The van der Waals surface area contributed by atoms with Gasteiger partial charge in [-0.15, -0.1) is 0 Å². The van der Waals surface area contributed by atoms with E-state index in [0.29, 0.717) is 5.92 Å². The summed E-state index contributed by atoms with van der Waals surface area (Å²) >= 11 is 0. The first-order chi connectivity index (χ1) is 5.29. The van der Waals surface area contributed by atoms with E-state index >= 15 is 0 Å². The van der Waals surface area contributed by atoms with Gasteiger partial charge in [0.25, 0.3) is 0 Å². The lowest BCUT2D eigenvalue weighted by atomic mass is 10.0. The van der Waals surface area contributed by atoms with Crippen LogP contribution in [-0.2, 0) is 6.42 Å². The van der Waals surface area contributed by atoms with E-state index in [1.807, 2.05) is 12.1 Å². The van der Waals surface area contributed by atoms with Crippen molar-refractivity contribution in [3.05, 3.63) is 35.4 Å². The number of fused-ring (bicyclic) bond motifs is 1. The highest BCUT2D eigenvalue weighted by atomic mass is 16.3. The summed E-state index contributed by atoms with van der Waals surface area (Å²) in [5.74, 6) is 0.325. The van der Waals surface area contributed by atoms with Crippen LogP contribution in [0.3, 0.4) is 0 Å². The molecule has 1 nitrogen and oxygen atoms in total. The van der Waals surface area contributed by atoms with Crippen LogP contribution in [0, 0.1) is 0 Å². The Morgan fingerprint density at radius 1 is 1.36 bits per heavy atom. The lowest BCUT2D eigenvalue weighted by Crippen LogP contribution is -2.09. The second kappa shape index (κ2) is 2.35. The summed E-state index contributed by atoms with van der Waals surface area (Å²) in [4.78, 5) is 0. The van der Waals surface area contributed by atoms with Crippen LogP contribution in [0.1, 0.15) is 24.0 Å². The van der Waals surface area contributed by atoms with Crippen molar-refractivity contribution in [2.45, 2.75) is 25.4 Å². The predicted octanol–water partition coefficient (Wildman–Crippen LogP) is 1.71. The van der Waals surface area contributed by atoms with Gasteiger partial charge in [-0.2, -0.15) is 0 Å². The maximum atomic E-state index is 9.52. The van der Waals surface area contributed by atoms with Crippen molar-refractivity contribution in [3.63, 3.8) is 0 Å². The number of aliphatic hydroxyl groups excluding tert-OH is 1. The summed E-state index contributed by atoms with van der Waals surface area (Å²) in [6.07, 6.45) is 0.671. The molecule has 0 spiro atoms. The summed E-state index contributed by atoms with van der Waals surface area (Å²) in [5.41, 5.74) is 2.63. The van der Waals surface area contributed by atoms with Crippen molar-refractivity contribution in [2.75, 3.05) is 0 Å². The predicted molar refractivity (Wildman–Crippen MR) is 44.6 cm³/mol. The molecule has 0 aromatic heterocycles. The molecule has 0 saturated carbocycles. The van der Waals surface area contributed by atoms with Gasteiger partial charge in [-0.1, -0.05) is 31.2 Å². The SMILES string of the molecule is CC1c2ccccc2C[C@@H]1O. The minimum absolute atomic E-state index is 0.160. The first-order valence-corrected chi connectivity index (χ1v) is 4.05. The molecule has 11 heavy (non-hydrogen) atoms. The monoisotopic (exact) mass is 148 g/mol. The third-order valence-corrected chi connectivity index (χ3v) is 2.55. The van der Waals surface area contributed by atoms with E-state index in [1.165, 1.54) is 11.1 Å². The van der Waals surface area contributed by atoms with Crippen molar-refractivity contribution in [1.29, 1.82) is 0 Å². The molecule has 0 bridgehead atoms. The Hall–Kier alpha value is -0.820. The Bertz CT molecular complexity index is 267. The Morgan fingerprint density at radius 2 is 2.09 bits per heavy atom. The van der Waals surface area contributed by atoms with Gasteiger partial charge in [0.1, 0.15) is 0 Å². The number of benzene rings is 1. The molecular formula is C10H12O. The third kappa shape index (κ3) is 0.962. The fraction of sp³-hybridized carbons (Fsp3) is 0.400. The number of hydrogen-bond donors (Lipinski definition) is 1. The molecule has 2 atom stereocenters. The van der Waals surface area contributed by atoms with Crippen molar-refractivity contribution >= 4 is 0 Å². The van der Waals surface area contributed by atoms with Gasteiger partial charge in [-0.05, 0) is 17.5 Å². The molecule has 0 radical (unpaired) electrons. The second-order valence-corrected chi connectivity index (χ2v) is 3.26. The van der Waals surface area contributed by atoms with Crippen LogP contribution in [0.2, 0.25) is 0 Å². The average molecular weight is 148 g/mol. The van der Waals surface area contributed by atoms with Crippen molar-refractivity contribution < 1.29 is 5.11 Å². The Balaban J connectivity index is 2.47. The van der Waals surface area contributed by atoms with Gasteiger partial charge in [-0.25, -0.2) is 0 Å². The Labute approximate surface area is 66.7 Å². The molecule has 2 rings (SSSR count). The van der Waals surface area contributed by atoms with Crippen LogP contribution in [0.5, 0.6) is 0 Å². The first kappa shape index (κ1) is 6.86. The molecule has 0 heterocycles. The number of rotatable bonds is 0. The molecule has 0 aliphatic heterocycles. The van der Waals surface area contributed by atoms with Gasteiger partial charge in [0.2, 0.25) is 0 Å². The highest BCUT2D eigenvalue weighted by Crippen LogP contribution is 2.32. The van der Waals surface area contributed by atoms with Crippen LogP contribution in [0.15, 0.2) is 24.3 Å². The van der Waals surface area contributed by atoms with Crippen molar-refractivity contribution in [3.8, 4) is 0 Å². The van der Waals surface area contributed by atoms with Crippen LogP contribution < -0.4 is 0 Å². The zero-order valence-electron chi connectivity index (χ0n) is 6.62. The average Bonchev–Trinajstić information content (AvgIpc) is 2.30. The largest absolute Gasteiger partial charge is 0.392 e. The molecular weight excluding hydrogens is 136 g/mol. The Kier molecular flexibility index (Phi) is 1.46. The van der Waals surface area contributed by atoms with E-state index in [-0.39, 0.29) is 6.10 Å². The van der Waals surface area contributed by atoms with Gasteiger partial charge in [0.15, 0.2) is 0 Å². The molecule has 1 aliphatic rings. The quantitative estimate of drug-likeness (QED) is 0.593. The van der Waals surface area contributed by atoms with Crippen molar-refractivity contribution in [1.82, 2.24) is 0 Å². The highest BCUT2D eigenvalue weighted by molar-refractivity contribution is 5.36. The third-order valence-electron chi connectivity index (χ3n) is 2.55. The molecule has 1 N–H and O–H groups in total. The van der Waals surface area contributed by atoms with Gasteiger partial charge < -0.3 is 5.11 Å². The molecule has 0 amide bonds. The minimum atomic E-state index is -0.160. The normalized spacial score (nSPS) is 28.5. The van der Waals surface area contributed by atoms with E-state index in [2.05, 4.69) is 19.1 Å². The van der Waals surface area contributed by atoms with Gasteiger partial charge in [0, 0.05) is 5.92 Å². The molecule has 1 aliphatic carbocycles. The molecule has 0 saturated heterocycles. The molecule has 1 unspecified atom stereocenters. The van der Waals surface area contributed by atoms with E-state index in [0.717, 1.165) is 6.42 Å². The van der Waals surface area contributed by atoms with Crippen LogP contribution in [0.4, 0.5) is 0 Å². The highest BCUT2D eigenvalue weighted by Gasteiger charge is 2.26. The standard InChI is InChI=1S/C10H12O/c1-7-9-5-3-2-4-8(9)6-10(7)11/h2-5,7,10-11H,6H2,1H3/t7?,10-/m0/s1. The van der Waals surface area contributed by atoms with E-state index in [9.17, 15) is 5.11 Å². The molecule has 1 heteroatoms. The summed E-state index contributed by atoms with van der Waals surface area (Å²) in [6.45, 7) is 2.08. The van der Waals surface area contributed by atoms with Gasteiger partial charge in [0.05, 0.1) is 6.10 Å². The maximum absolute atomic E-state index is 9.52. The van der Waals surface area contributed by atoms with E-state index in [1.54, 1.807) is 0 Å². The maximum Gasteiger partial charge on any atom is 0.0646 e. The van der Waals surface area contributed by atoms with E-state index in [4.69, 9.17) is 0 Å². The zero-order chi connectivity index (χ0) is 7.84. The molecule has 58 valence electrons. The van der Waals surface area contributed by atoms with Gasteiger partial charge >= 0.3 is 0 Å². The second-order valence-electron chi connectivity index (χ2n) is 3.26. The van der Waals surface area contributed by atoms with E-state index < -0.39 is 0 Å². The number of hydrogen-bond acceptors (Lipinski definition) is 1. The topological polar surface area (TPSA) is 20.2 Å². The summed E-state index contributed by atoms with van der Waals surface area (Å²) in [6, 6.07) is 8.27. The number of aliphatic hydroxyl groups is 1. The summed E-state index contributed by atoms with van der Waals surface area (Å²) in [5, 5.41) is 9.52. The summed E-state index contributed by atoms with van der Waals surface area (Å²) < 4.78 is 0. The fourth-order valence-electron chi connectivity index (χ4n) is 1.77. The Morgan fingerprint density at radius 3 is 2.82 bits per heavy atom. The molecule has 1 aromatic carbocycles. The fourth-order valence-corrected chi connectivity index (χ4v) is 1.77. The molecule has 0 fully saturated rings. The van der Waals surface area contributed by atoms with Crippen LogP contribution in [-0.4, -0.2) is 11.2 Å². The van der Waals surface area contributed by atoms with Crippen LogP contribution >= 0.6 is 0 Å². The lowest BCUT2D eigenvalue weighted by Gasteiger charge is -2.07. The smallest absolute Gasteiger partial charge is 0.0646 e. The zero-order valence-corrected chi connectivity index (χ0v) is 6.62.